The van der Waals surface area contributed by atoms with Crippen LogP contribution >= 0.6 is 11.6 Å². The van der Waals surface area contributed by atoms with Gasteiger partial charge in [0.2, 0.25) is 10.0 Å². The number of halogens is 1. The number of hydrogen-bond donors (Lipinski definition) is 0. The van der Waals surface area contributed by atoms with Gasteiger partial charge in [-0.15, -0.1) is 0 Å². The van der Waals surface area contributed by atoms with Crippen molar-refractivity contribution in [2.75, 3.05) is 37.7 Å². The maximum absolute atomic E-state index is 12.5. The zero-order valence-corrected chi connectivity index (χ0v) is 16.1. The molecule has 0 radical (unpaired) electrons. The number of piperazine rings is 1. The third-order valence-corrected chi connectivity index (χ3v) is 8.23. The molecule has 0 N–H and O–H groups in total. The van der Waals surface area contributed by atoms with Gasteiger partial charge in [-0.3, -0.25) is 4.90 Å². The summed E-state index contributed by atoms with van der Waals surface area (Å²) in [5.74, 6) is 0.427. The maximum atomic E-state index is 12.5. The molecule has 0 amide bonds. The first-order valence-electron chi connectivity index (χ1n) is 8.13. The highest BCUT2D eigenvalue weighted by Gasteiger charge is 2.35. The van der Waals surface area contributed by atoms with E-state index in [4.69, 9.17) is 11.6 Å². The van der Waals surface area contributed by atoms with Crippen LogP contribution in [0.4, 0.5) is 0 Å². The van der Waals surface area contributed by atoms with Gasteiger partial charge < -0.3 is 0 Å². The second-order valence-corrected chi connectivity index (χ2v) is 10.9. The Morgan fingerprint density at radius 3 is 2.28 bits per heavy atom. The third kappa shape index (κ3) is 4.83. The van der Waals surface area contributed by atoms with Crippen LogP contribution in [0.2, 0.25) is 5.02 Å². The molecule has 0 spiro atoms. The minimum Gasteiger partial charge on any atom is -0.297 e. The van der Waals surface area contributed by atoms with Gasteiger partial charge in [-0.05, 0) is 30.2 Å². The summed E-state index contributed by atoms with van der Waals surface area (Å²) in [5, 5.41) is 1.82. The van der Waals surface area contributed by atoms with Gasteiger partial charge in [0.15, 0.2) is 9.84 Å². The van der Waals surface area contributed by atoms with E-state index in [1.165, 1.54) is 9.71 Å². The minimum absolute atomic E-state index is 0.0273. The summed E-state index contributed by atoms with van der Waals surface area (Å²) in [7, 11) is -6.41. The minimum atomic E-state index is -3.49. The zero-order valence-electron chi connectivity index (χ0n) is 13.7. The summed E-state index contributed by atoms with van der Waals surface area (Å²) in [6, 6.07) is 6.96. The molecule has 25 heavy (non-hydrogen) atoms. The summed E-state index contributed by atoms with van der Waals surface area (Å²) in [4.78, 5) is 2.10. The van der Waals surface area contributed by atoms with Crippen LogP contribution in [0.3, 0.4) is 0 Å². The van der Waals surface area contributed by atoms with Crippen LogP contribution < -0.4 is 0 Å². The molecular weight excluding hydrogens is 384 g/mol. The second kappa shape index (κ2) is 7.36. The summed E-state index contributed by atoms with van der Waals surface area (Å²) in [6.45, 7) is 1.89. The quantitative estimate of drug-likeness (QED) is 0.759. The van der Waals surface area contributed by atoms with E-state index in [9.17, 15) is 16.8 Å². The molecule has 138 valence electrons. The average molecular weight is 405 g/mol. The van der Waals surface area contributed by atoms with Crippen LogP contribution in [0, 0.1) is 0 Å². The van der Waals surface area contributed by atoms with Gasteiger partial charge in [0.05, 0.1) is 11.5 Å². The van der Waals surface area contributed by atoms with E-state index in [-0.39, 0.29) is 17.5 Å². The van der Waals surface area contributed by atoms with E-state index in [1.54, 1.807) is 30.3 Å². The lowest BCUT2D eigenvalue weighted by atomic mass is 10.2. The highest BCUT2D eigenvalue weighted by atomic mass is 35.5. The molecule has 0 bridgehead atoms. The van der Waals surface area contributed by atoms with Crippen molar-refractivity contribution in [2.45, 2.75) is 12.5 Å². The van der Waals surface area contributed by atoms with E-state index < -0.39 is 19.9 Å². The molecule has 6 nitrogen and oxygen atoms in total. The highest BCUT2D eigenvalue weighted by Crippen LogP contribution is 2.20. The van der Waals surface area contributed by atoms with Crippen LogP contribution in [-0.2, 0) is 19.9 Å². The Labute approximate surface area is 154 Å². The van der Waals surface area contributed by atoms with E-state index in [0.717, 1.165) is 5.56 Å². The van der Waals surface area contributed by atoms with E-state index in [0.29, 0.717) is 37.6 Å². The molecule has 0 unspecified atom stereocenters. The summed E-state index contributed by atoms with van der Waals surface area (Å²) < 4.78 is 49.6. The first kappa shape index (κ1) is 18.8. The van der Waals surface area contributed by atoms with Gasteiger partial charge in [0, 0.05) is 42.7 Å². The van der Waals surface area contributed by atoms with Gasteiger partial charge >= 0.3 is 0 Å². The van der Waals surface area contributed by atoms with Crippen LogP contribution in [0.5, 0.6) is 0 Å². The van der Waals surface area contributed by atoms with Crippen molar-refractivity contribution in [1.29, 1.82) is 0 Å². The fourth-order valence-electron chi connectivity index (χ4n) is 3.21. The number of nitrogens with zero attached hydrogens (tertiary/aromatic N) is 2. The van der Waals surface area contributed by atoms with Crippen molar-refractivity contribution >= 4 is 37.5 Å². The lowest BCUT2D eigenvalue weighted by Crippen LogP contribution is -2.51. The van der Waals surface area contributed by atoms with Crippen LogP contribution in [0.1, 0.15) is 12.0 Å². The zero-order chi connectivity index (χ0) is 18.1. The van der Waals surface area contributed by atoms with Crippen LogP contribution in [-0.4, -0.2) is 69.8 Å². The average Bonchev–Trinajstić information content (AvgIpc) is 2.94. The van der Waals surface area contributed by atoms with Crippen LogP contribution in [0.15, 0.2) is 29.7 Å². The maximum Gasteiger partial charge on any atom is 0.236 e. The monoisotopic (exact) mass is 404 g/mol. The van der Waals surface area contributed by atoms with Crippen molar-refractivity contribution in [3.05, 3.63) is 40.3 Å². The summed E-state index contributed by atoms with van der Waals surface area (Å²) >= 11 is 5.82. The molecule has 0 saturated carbocycles. The standard InChI is InChI=1S/C16H21ClN2O4S2/c17-15-3-1-14(2-4-15)5-12-25(22,23)19-9-7-18(8-10-19)16-6-11-24(20,21)13-16/h1-5,12,16H,6-11,13H2/b12-5+/t16-/m0/s1. The van der Waals surface area contributed by atoms with E-state index in [1.807, 2.05) is 0 Å². The van der Waals surface area contributed by atoms with Crippen molar-refractivity contribution in [3.63, 3.8) is 0 Å². The molecule has 1 aromatic carbocycles. The van der Waals surface area contributed by atoms with Crippen molar-refractivity contribution in [2.24, 2.45) is 0 Å². The number of sulfonamides is 1. The molecule has 2 aliphatic heterocycles. The SMILES string of the molecule is O=S1(=O)CC[C@H](N2CCN(S(=O)(=O)/C=C/c3ccc(Cl)cc3)CC2)C1. The smallest absolute Gasteiger partial charge is 0.236 e. The Morgan fingerprint density at radius 1 is 1.08 bits per heavy atom. The van der Waals surface area contributed by atoms with Gasteiger partial charge in [-0.1, -0.05) is 23.7 Å². The molecular formula is C16H21ClN2O4S2. The number of sulfone groups is 1. The topological polar surface area (TPSA) is 74.8 Å². The predicted molar refractivity (Wildman–Crippen MR) is 99.6 cm³/mol. The summed E-state index contributed by atoms with van der Waals surface area (Å²) in [6.07, 6.45) is 2.20. The largest absolute Gasteiger partial charge is 0.297 e. The van der Waals surface area contributed by atoms with Gasteiger partial charge in [0.1, 0.15) is 0 Å². The molecule has 2 aliphatic rings. The molecule has 2 fully saturated rings. The number of benzene rings is 1. The molecule has 1 atom stereocenters. The molecule has 1 aromatic rings. The summed E-state index contributed by atoms with van der Waals surface area (Å²) in [5.41, 5.74) is 0.766. The van der Waals surface area contributed by atoms with Crippen molar-refractivity contribution in [3.8, 4) is 0 Å². The molecule has 0 aromatic heterocycles. The van der Waals surface area contributed by atoms with Gasteiger partial charge in [-0.2, -0.15) is 4.31 Å². The van der Waals surface area contributed by atoms with Gasteiger partial charge in [0.25, 0.3) is 0 Å². The normalized spacial score (nSPS) is 25.6. The molecule has 3 rings (SSSR count). The third-order valence-electron chi connectivity index (χ3n) is 4.66. The predicted octanol–water partition coefficient (Wildman–Crippen LogP) is 1.45. The van der Waals surface area contributed by atoms with E-state index >= 15 is 0 Å². The van der Waals surface area contributed by atoms with E-state index in [2.05, 4.69) is 4.90 Å². The number of rotatable bonds is 4. The Balaban J connectivity index is 1.59. The second-order valence-electron chi connectivity index (χ2n) is 6.39. The van der Waals surface area contributed by atoms with Gasteiger partial charge in [-0.25, -0.2) is 16.8 Å². The molecule has 9 heteroatoms. The Morgan fingerprint density at radius 2 is 1.72 bits per heavy atom. The Bertz CT molecular complexity index is 843. The lowest BCUT2D eigenvalue weighted by Gasteiger charge is -2.36. The van der Waals surface area contributed by atoms with Crippen LogP contribution in [0.25, 0.3) is 6.08 Å². The van der Waals surface area contributed by atoms with Crippen molar-refractivity contribution < 1.29 is 16.8 Å². The first-order valence-corrected chi connectivity index (χ1v) is 11.8. The Kier molecular flexibility index (Phi) is 5.55. The first-order chi connectivity index (χ1) is 11.8. The molecule has 2 saturated heterocycles. The number of hydrogen-bond acceptors (Lipinski definition) is 5. The molecule has 2 heterocycles. The highest BCUT2D eigenvalue weighted by molar-refractivity contribution is 7.92. The van der Waals surface area contributed by atoms with Crippen molar-refractivity contribution in [1.82, 2.24) is 9.21 Å². The molecule has 0 aliphatic carbocycles. The lowest BCUT2D eigenvalue weighted by molar-refractivity contribution is 0.149. The fourth-order valence-corrected chi connectivity index (χ4v) is 6.27. The fraction of sp³-hybridized carbons (Fsp3) is 0.500. The Hall–Kier alpha value is -0.930.